The van der Waals surface area contributed by atoms with Crippen LogP contribution in [0.1, 0.15) is 37.7 Å². The van der Waals surface area contributed by atoms with Gasteiger partial charge < -0.3 is 5.32 Å². The van der Waals surface area contributed by atoms with Crippen LogP contribution in [0.2, 0.25) is 5.02 Å². The Labute approximate surface area is 173 Å². The highest BCUT2D eigenvalue weighted by molar-refractivity contribution is 6.31. The smallest absolute Gasteiger partial charge is 0.238 e. The van der Waals surface area contributed by atoms with E-state index in [-0.39, 0.29) is 5.91 Å². The van der Waals surface area contributed by atoms with E-state index in [1.807, 2.05) is 25.1 Å². The molecule has 1 aromatic carbocycles. The van der Waals surface area contributed by atoms with Crippen LogP contribution in [0.4, 0.5) is 5.69 Å². The monoisotopic (exact) mass is 401 g/mol. The van der Waals surface area contributed by atoms with E-state index in [1.54, 1.807) is 0 Å². The summed E-state index contributed by atoms with van der Waals surface area (Å²) in [6, 6.07) is 6.49. The van der Waals surface area contributed by atoms with Gasteiger partial charge in [0.1, 0.15) is 0 Å². The van der Waals surface area contributed by atoms with Gasteiger partial charge in [-0.05, 0) is 80.4 Å². The number of rotatable bonds is 4. The Hall–Kier alpha value is -1.10. The molecular formula is C23H32ClN3O. The van der Waals surface area contributed by atoms with Gasteiger partial charge in [0.05, 0.1) is 6.54 Å². The first-order valence-electron chi connectivity index (χ1n) is 11.1. The van der Waals surface area contributed by atoms with Crippen molar-refractivity contribution >= 4 is 23.2 Å². The second-order valence-electron chi connectivity index (χ2n) is 9.69. The van der Waals surface area contributed by atoms with Crippen molar-refractivity contribution in [2.24, 2.45) is 23.7 Å². The highest BCUT2D eigenvalue weighted by Crippen LogP contribution is 2.55. The zero-order valence-electron chi connectivity index (χ0n) is 16.9. The average Bonchev–Trinajstić information content (AvgIpc) is 2.66. The number of amides is 1. The predicted molar refractivity (Wildman–Crippen MR) is 114 cm³/mol. The van der Waals surface area contributed by atoms with E-state index < -0.39 is 0 Å². The molecule has 6 rings (SSSR count). The lowest BCUT2D eigenvalue weighted by Gasteiger charge is -2.58. The van der Waals surface area contributed by atoms with Crippen molar-refractivity contribution in [2.45, 2.75) is 45.1 Å². The van der Waals surface area contributed by atoms with Crippen LogP contribution in [0, 0.1) is 30.6 Å². The Kier molecular flexibility index (Phi) is 5.14. The van der Waals surface area contributed by atoms with Crippen molar-refractivity contribution in [2.75, 3.05) is 38.0 Å². The van der Waals surface area contributed by atoms with Gasteiger partial charge in [0.2, 0.25) is 5.91 Å². The molecule has 5 aliphatic rings. The molecular weight excluding hydrogens is 370 g/mol. The summed E-state index contributed by atoms with van der Waals surface area (Å²) in [5.74, 6) is 4.06. The van der Waals surface area contributed by atoms with E-state index in [0.717, 1.165) is 67.1 Å². The molecule has 1 saturated heterocycles. The molecule has 4 bridgehead atoms. The van der Waals surface area contributed by atoms with Gasteiger partial charge in [-0.1, -0.05) is 17.7 Å². The summed E-state index contributed by atoms with van der Waals surface area (Å²) in [6.07, 6.45) is 7.46. The maximum Gasteiger partial charge on any atom is 0.238 e. The lowest BCUT2D eigenvalue weighted by atomic mass is 9.54. The topological polar surface area (TPSA) is 35.6 Å². The van der Waals surface area contributed by atoms with Crippen LogP contribution >= 0.6 is 11.6 Å². The molecule has 0 spiro atoms. The molecule has 5 heteroatoms. The number of nitrogens with one attached hydrogen (secondary N) is 1. The fraction of sp³-hybridized carbons (Fsp3) is 0.696. The van der Waals surface area contributed by atoms with Crippen molar-refractivity contribution in [3.8, 4) is 0 Å². The molecule has 0 aromatic heterocycles. The van der Waals surface area contributed by atoms with Gasteiger partial charge in [-0.15, -0.1) is 0 Å². The largest absolute Gasteiger partial charge is 0.325 e. The minimum absolute atomic E-state index is 0.0634. The Balaban J connectivity index is 1.13. The van der Waals surface area contributed by atoms with Crippen LogP contribution in [-0.4, -0.2) is 54.5 Å². The number of carbonyl (C=O) groups excluding carboxylic acids is 1. The van der Waals surface area contributed by atoms with Gasteiger partial charge in [-0.3, -0.25) is 14.6 Å². The van der Waals surface area contributed by atoms with Crippen LogP contribution in [0.5, 0.6) is 0 Å². The Bertz CT molecular complexity index is 715. The molecule has 0 atom stereocenters. The van der Waals surface area contributed by atoms with E-state index >= 15 is 0 Å². The Morgan fingerprint density at radius 2 is 1.68 bits per heavy atom. The average molecular weight is 402 g/mol. The summed E-state index contributed by atoms with van der Waals surface area (Å²) in [5.41, 5.74) is 1.76. The molecule has 1 amide bonds. The van der Waals surface area contributed by atoms with E-state index in [9.17, 15) is 4.79 Å². The second-order valence-corrected chi connectivity index (χ2v) is 10.1. The first kappa shape index (κ1) is 18.9. The molecule has 1 aromatic rings. The SMILES string of the molecule is Cc1c(Cl)cccc1NC(=O)CN1CCN(C2C3CC4CC(C3)CC2C4)CC1. The maximum atomic E-state index is 12.5. The lowest BCUT2D eigenvalue weighted by Crippen LogP contribution is -2.60. The number of carbonyl (C=O) groups is 1. The first-order valence-corrected chi connectivity index (χ1v) is 11.5. The second kappa shape index (κ2) is 7.62. The number of hydrogen-bond acceptors (Lipinski definition) is 3. The summed E-state index contributed by atoms with van der Waals surface area (Å²) < 4.78 is 0. The lowest BCUT2D eigenvalue weighted by molar-refractivity contribution is -0.118. The highest BCUT2D eigenvalue weighted by Gasteiger charge is 2.50. The van der Waals surface area contributed by atoms with E-state index in [1.165, 1.54) is 32.1 Å². The van der Waals surface area contributed by atoms with Crippen LogP contribution in [-0.2, 0) is 4.79 Å². The zero-order chi connectivity index (χ0) is 19.3. The van der Waals surface area contributed by atoms with Gasteiger partial charge >= 0.3 is 0 Å². The highest BCUT2D eigenvalue weighted by atomic mass is 35.5. The molecule has 4 aliphatic carbocycles. The van der Waals surface area contributed by atoms with E-state index in [2.05, 4.69) is 15.1 Å². The van der Waals surface area contributed by atoms with Gasteiger partial charge in [0, 0.05) is 42.9 Å². The summed E-state index contributed by atoms with van der Waals surface area (Å²) in [7, 11) is 0. The van der Waals surface area contributed by atoms with Crippen LogP contribution in [0.25, 0.3) is 0 Å². The van der Waals surface area contributed by atoms with Gasteiger partial charge in [0.15, 0.2) is 0 Å². The van der Waals surface area contributed by atoms with Crippen molar-refractivity contribution < 1.29 is 4.79 Å². The molecule has 5 fully saturated rings. The fourth-order valence-corrected chi connectivity index (χ4v) is 7.02. The molecule has 1 N–H and O–H groups in total. The third kappa shape index (κ3) is 3.59. The number of nitrogens with zero attached hydrogens (tertiary/aromatic N) is 2. The van der Waals surface area contributed by atoms with Crippen LogP contribution < -0.4 is 5.32 Å². The normalized spacial score (nSPS) is 35.3. The molecule has 1 aliphatic heterocycles. The molecule has 4 nitrogen and oxygen atoms in total. The standard InChI is InChI=1S/C23H32ClN3O/c1-15-20(24)3-2-4-21(15)25-22(28)14-26-5-7-27(8-6-26)23-18-10-16-9-17(12-18)13-19(23)11-16/h2-4,16-19,23H,5-14H2,1H3,(H,25,28). The van der Waals surface area contributed by atoms with Crippen molar-refractivity contribution in [1.29, 1.82) is 0 Å². The quantitative estimate of drug-likeness (QED) is 0.827. The van der Waals surface area contributed by atoms with Gasteiger partial charge in [0.25, 0.3) is 0 Å². The third-order valence-corrected chi connectivity index (χ3v) is 8.32. The predicted octanol–water partition coefficient (Wildman–Crippen LogP) is 4.03. The Morgan fingerprint density at radius 3 is 2.32 bits per heavy atom. The minimum atomic E-state index is 0.0634. The maximum absolute atomic E-state index is 12.5. The van der Waals surface area contributed by atoms with Crippen LogP contribution in [0.15, 0.2) is 18.2 Å². The molecule has 28 heavy (non-hydrogen) atoms. The van der Waals surface area contributed by atoms with Gasteiger partial charge in [-0.25, -0.2) is 0 Å². The summed E-state index contributed by atoms with van der Waals surface area (Å²) in [5, 5.41) is 3.73. The molecule has 4 saturated carbocycles. The number of anilines is 1. The summed E-state index contributed by atoms with van der Waals surface area (Å²) in [6.45, 7) is 6.67. The number of hydrogen-bond donors (Lipinski definition) is 1. The summed E-state index contributed by atoms with van der Waals surface area (Å²) in [4.78, 5) is 17.6. The first-order chi connectivity index (χ1) is 13.6. The molecule has 152 valence electrons. The van der Waals surface area contributed by atoms with Crippen molar-refractivity contribution in [3.63, 3.8) is 0 Å². The van der Waals surface area contributed by atoms with Crippen LogP contribution in [0.3, 0.4) is 0 Å². The summed E-state index contributed by atoms with van der Waals surface area (Å²) >= 11 is 6.16. The number of halogens is 1. The molecule has 0 unspecified atom stereocenters. The third-order valence-electron chi connectivity index (χ3n) is 7.91. The Morgan fingerprint density at radius 1 is 1.04 bits per heavy atom. The van der Waals surface area contributed by atoms with Crippen molar-refractivity contribution in [1.82, 2.24) is 9.80 Å². The minimum Gasteiger partial charge on any atom is -0.325 e. The fourth-order valence-electron chi connectivity index (χ4n) is 6.85. The van der Waals surface area contributed by atoms with E-state index in [0.29, 0.717) is 11.6 Å². The van der Waals surface area contributed by atoms with Gasteiger partial charge in [-0.2, -0.15) is 0 Å². The number of piperazine rings is 1. The van der Waals surface area contributed by atoms with Crippen molar-refractivity contribution in [3.05, 3.63) is 28.8 Å². The van der Waals surface area contributed by atoms with E-state index in [4.69, 9.17) is 11.6 Å². The molecule has 0 radical (unpaired) electrons. The molecule has 1 heterocycles. The zero-order valence-corrected chi connectivity index (χ0v) is 17.6. The number of benzene rings is 1.